The molecule has 0 bridgehead atoms. The lowest BCUT2D eigenvalue weighted by molar-refractivity contribution is 0.572. The fraction of sp³-hybridized carbons (Fsp3) is 0.643. The maximum atomic E-state index is 4.15. The summed E-state index contributed by atoms with van der Waals surface area (Å²) in [7, 11) is 0. The molecule has 0 radical (unpaired) electrons. The van der Waals surface area contributed by atoms with E-state index >= 15 is 0 Å². The minimum Gasteiger partial charge on any atom is -0.369 e. The summed E-state index contributed by atoms with van der Waals surface area (Å²) in [4.78, 5) is 6.63. The van der Waals surface area contributed by atoms with Crippen molar-refractivity contribution in [3.05, 3.63) is 22.9 Å². The van der Waals surface area contributed by atoms with Crippen molar-refractivity contribution in [2.45, 2.75) is 38.6 Å². The number of rotatable bonds is 6. The lowest BCUT2D eigenvalue weighted by Crippen LogP contribution is -2.38. The molecule has 1 aromatic heterocycles. The first-order chi connectivity index (χ1) is 8.81. The molecule has 0 aliphatic carbocycles. The Hall–Kier alpha value is -0.610. The molecule has 100 valence electrons. The highest BCUT2D eigenvalue weighted by atomic mass is 79.9. The van der Waals surface area contributed by atoms with Gasteiger partial charge in [0.15, 0.2) is 0 Å². The van der Waals surface area contributed by atoms with Gasteiger partial charge in [-0.15, -0.1) is 0 Å². The van der Waals surface area contributed by atoms with Gasteiger partial charge >= 0.3 is 0 Å². The Morgan fingerprint density at radius 3 is 3.11 bits per heavy atom. The van der Waals surface area contributed by atoms with E-state index in [0.717, 1.165) is 17.6 Å². The molecule has 1 aromatic rings. The number of hydrogen-bond acceptors (Lipinski definition) is 3. The van der Waals surface area contributed by atoms with E-state index in [1.807, 2.05) is 12.4 Å². The molecule has 1 atom stereocenters. The summed E-state index contributed by atoms with van der Waals surface area (Å²) in [6.07, 6.45) is 8.84. The van der Waals surface area contributed by atoms with Crippen LogP contribution in [-0.2, 0) is 0 Å². The number of nitrogens with zero attached hydrogens (tertiary/aromatic N) is 2. The first kappa shape index (κ1) is 13.8. The van der Waals surface area contributed by atoms with Gasteiger partial charge < -0.3 is 10.2 Å². The van der Waals surface area contributed by atoms with Gasteiger partial charge in [0.1, 0.15) is 0 Å². The van der Waals surface area contributed by atoms with Crippen molar-refractivity contribution in [3.63, 3.8) is 0 Å². The topological polar surface area (TPSA) is 28.2 Å². The average Bonchev–Trinajstić information content (AvgIpc) is 2.88. The lowest BCUT2D eigenvalue weighted by Gasteiger charge is -2.28. The van der Waals surface area contributed by atoms with Crippen molar-refractivity contribution in [3.8, 4) is 0 Å². The molecular weight excluding hydrogens is 290 g/mol. The summed E-state index contributed by atoms with van der Waals surface area (Å²) in [6.45, 7) is 5.64. The van der Waals surface area contributed by atoms with Crippen LogP contribution in [0.15, 0.2) is 22.9 Å². The summed E-state index contributed by atoms with van der Waals surface area (Å²) in [5.74, 6) is 0. The maximum absolute atomic E-state index is 4.15. The van der Waals surface area contributed by atoms with E-state index in [9.17, 15) is 0 Å². The van der Waals surface area contributed by atoms with E-state index in [4.69, 9.17) is 0 Å². The standard InChI is InChI=1S/C14H22BrN3/c1-2-3-9-18(11-12-5-4-7-17-12)14-6-8-16-10-13(14)15/h6,8,10,12,17H,2-5,7,9,11H2,1H3. The molecule has 0 saturated carbocycles. The third-order valence-electron chi connectivity index (χ3n) is 3.48. The molecule has 0 spiro atoms. The van der Waals surface area contributed by atoms with Gasteiger partial charge in [0.2, 0.25) is 0 Å². The van der Waals surface area contributed by atoms with Crippen molar-refractivity contribution < 1.29 is 0 Å². The Morgan fingerprint density at radius 2 is 2.44 bits per heavy atom. The molecule has 1 aliphatic rings. The average molecular weight is 312 g/mol. The largest absolute Gasteiger partial charge is 0.369 e. The molecule has 3 nitrogen and oxygen atoms in total. The van der Waals surface area contributed by atoms with E-state index in [1.54, 1.807) is 0 Å². The molecule has 1 unspecified atom stereocenters. The lowest BCUT2D eigenvalue weighted by atomic mass is 10.2. The van der Waals surface area contributed by atoms with Crippen molar-refractivity contribution in [1.29, 1.82) is 0 Å². The van der Waals surface area contributed by atoms with E-state index in [0.29, 0.717) is 6.04 Å². The molecule has 2 rings (SSSR count). The maximum Gasteiger partial charge on any atom is 0.0592 e. The fourth-order valence-corrected chi connectivity index (χ4v) is 2.96. The molecular formula is C14H22BrN3. The van der Waals surface area contributed by atoms with Crippen LogP contribution in [0.5, 0.6) is 0 Å². The molecule has 1 saturated heterocycles. The van der Waals surface area contributed by atoms with Gasteiger partial charge in [-0.1, -0.05) is 13.3 Å². The Balaban J connectivity index is 2.06. The minimum absolute atomic E-state index is 0.641. The second-order valence-corrected chi connectivity index (χ2v) is 5.77. The monoisotopic (exact) mass is 311 g/mol. The Labute approximate surface area is 118 Å². The number of unbranched alkanes of at least 4 members (excludes halogenated alkanes) is 1. The number of hydrogen-bond donors (Lipinski definition) is 1. The summed E-state index contributed by atoms with van der Waals surface area (Å²) in [5.41, 5.74) is 1.27. The number of anilines is 1. The van der Waals surface area contributed by atoms with Crippen LogP contribution in [0.1, 0.15) is 32.6 Å². The van der Waals surface area contributed by atoms with Gasteiger partial charge in [0.25, 0.3) is 0 Å². The van der Waals surface area contributed by atoms with Gasteiger partial charge in [-0.3, -0.25) is 4.98 Å². The summed E-state index contributed by atoms with van der Waals surface area (Å²) in [6, 6.07) is 2.75. The summed E-state index contributed by atoms with van der Waals surface area (Å²) >= 11 is 3.61. The van der Waals surface area contributed by atoms with Gasteiger partial charge in [-0.2, -0.15) is 0 Å². The highest BCUT2D eigenvalue weighted by Crippen LogP contribution is 2.26. The highest BCUT2D eigenvalue weighted by molar-refractivity contribution is 9.10. The van der Waals surface area contributed by atoms with Crippen LogP contribution >= 0.6 is 15.9 Å². The van der Waals surface area contributed by atoms with Crippen LogP contribution in [0.25, 0.3) is 0 Å². The predicted molar refractivity (Wildman–Crippen MR) is 80.1 cm³/mol. The molecule has 1 fully saturated rings. The van der Waals surface area contributed by atoms with Crippen molar-refractivity contribution >= 4 is 21.6 Å². The van der Waals surface area contributed by atoms with Crippen LogP contribution in [0.4, 0.5) is 5.69 Å². The van der Waals surface area contributed by atoms with Crippen molar-refractivity contribution in [1.82, 2.24) is 10.3 Å². The van der Waals surface area contributed by atoms with Gasteiger partial charge in [0.05, 0.1) is 10.2 Å². The summed E-state index contributed by atoms with van der Waals surface area (Å²) < 4.78 is 1.10. The molecule has 4 heteroatoms. The van der Waals surface area contributed by atoms with Gasteiger partial charge in [-0.05, 0) is 47.8 Å². The van der Waals surface area contributed by atoms with Crippen LogP contribution in [0.3, 0.4) is 0 Å². The quantitative estimate of drug-likeness (QED) is 0.874. The normalized spacial score (nSPS) is 19.1. The molecule has 0 aromatic carbocycles. The van der Waals surface area contributed by atoms with Gasteiger partial charge in [-0.25, -0.2) is 0 Å². The molecule has 1 aliphatic heterocycles. The number of nitrogens with one attached hydrogen (secondary N) is 1. The number of pyridine rings is 1. The zero-order valence-electron chi connectivity index (χ0n) is 11.0. The van der Waals surface area contributed by atoms with E-state index in [1.165, 1.54) is 37.9 Å². The van der Waals surface area contributed by atoms with Gasteiger partial charge in [0, 0.05) is 31.5 Å². The van der Waals surface area contributed by atoms with Crippen LogP contribution in [0.2, 0.25) is 0 Å². The highest BCUT2D eigenvalue weighted by Gasteiger charge is 2.19. The number of aromatic nitrogens is 1. The zero-order chi connectivity index (χ0) is 12.8. The smallest absolute Gasteiger partial charge is 0.0592 e. The van der Waals surface area contributed by atoms with Crippen molar-refractivity contribution in [2.24, 2.45) is 0 Å². The third-order valence-corrected chi connectivity index (χ3v) is 4.09. The SMILES string of the molecule is CCCCN(CC1CCCN1)c1ccncc1Br. The van der Waals surface area contributed by atoms with E-state index in [-0.39, 0.29) is 0 Å². The Morgan fingerprint density at radius 1 is 1.56 bits per heavy atom. The molecule has 0 amide bonds. The van der Waals surface area contributed by atoms with Crippen LogP contribution in [-0.4, -0.2) is 30.7 Å². The van der Waals surface area contributed by atoms with Crippen LogP contribution < -0.4 is 10.2 Å². The molecule has 1 N–H and O–H groups in total. The third kappa shape index (κ3) is 3.69. The predicted octanol–water partition coefficient (Wildman–Crippen LogP) is 3.20. The fourth-order valence-electron chi connectivity index (χ4n) is 2.46. The second kappa shape index (κ2) is 7.10. The first-order valence-corrected chi connectivity index (χ1v) is 7.68. The first-order valence-electron chi connectivity index (χ1n) is 6.89. The van der Waals surface area contributed by atoms with E-state index < -0.39 is 0 Å². The zero-order valence-corrected chi connectivity index (χ0v) is 12.6. The number of halogens is 1. The summed E-state index contributed by atoms with van der Waals surface area (Å²) in [5, 5.41) is 3.58. The Kier molecular flexibility index (Phi) is 5.45. The van der Waals surface area contributed by atoms with Crippen molar-refractivity contribution in [2.75, 3.05) is 24.5 Å². The minimum atomic E-state index is 0.641. The van der Waals surface area contributed by atoms with Crippen LogP contribution in [0, 0.1) is 0 Å². The van der Waals surface area contributed by atoms with E-state index in [2.05, 4.69) is 44.1 Å². The molecule has 2 heterocycles. The molecule has 18 heavy (non-hydrogen) atoms. The second-order valence-electron chi connectivity index (χ2n) is 4.92. The Bertz CT molecular complexity index is 364.